The van der Waals surface area contributed by atoms with E-state index in [1.54, 1.807) is 12.3 Å². The van der Waals surface area contributed by atoms with Crippen LogP contribution in [0.25, 0.3) is 0 Å². The van der Waals surface area contributed by atoms with E-state index >= 15 is 0 Å². The van der Waals surface area contributed by atoms with Gasteiger partial charge >= 0.3 is 13.8 Å². The van der Waals surface area contributed by atoms with E-state index in [0.29, 0.717) is 12.8 Å². The van der Waals surface area contributed by atoms with E-state index in [0.717, 1.165) is 70.6 Å². The van der Waals surface area contributed by atoms with Crippen molar-refractivity contribution in [2.45, 2.75) is 174 Å². The van der Waals surface area contributed by atoms with Gasteiger partial charge in [0.15, 0.2) is 11.9 Å². The first-order valence-electron chi connectivity index (χ1n) is 19.5. The predicted molar refractivity (Wildman–Crippen MR) is 201 cm³/mol. The minimum atomic E-state index is -4.28. The fourth-order valence-electron chi connectivity index (χ4n) is 5.14. The van der Waals surface area contributed by atoms with Gasteiger partial charge in [-0.05, 0) is 50.7 Å². The number of hydrogen-bond acceptors (Lipinski definition) is 8. The molecule has 49 heavy (non-hydrogen) atoms. The number of ether oxygens (including phenoxy) is 2. The van der Waals surface area contributed by atoms with Crippen molar-refractivity contribution in [3.8, 4) is 0 Å². The van der Waals surface area contributed by atoms with E-state index in [1.807, 2.05) is 18.2 Å². The molecular formula is C39H72NO8P. The number of phosphoric ester groups is 1. The lowest BCUT2D eigenvalue weighted by Gasteiger charge is -2.19. The highest BCUT2D eigenvalue weighted by atomic mass is 31.2. The number of nitrogens with two attached hydrogens (primary N) is 1. The predicted octanol–water partition coefficient (Wildman–Crippen LogP) is 10.6. The van der Waals surface area contributed by atoms with Crippen LogP contribution >= 0.6 is 7.82 Å². The Morgan fingerprint density at radius 2 is 1.20 bits per heavy atom. The average Bonchev–Trinajstić information content (AvgIpc) is 3.08. The maximum Gasteiger partial charge on any atom is 0.472 e. The number of unbranched alkanes of at least 4 members (excludes halogenated alkanes) is 19. The molecule has 1 unspecified atom stereocenters. The van der Waals surface area contributed by atoms with Gasteiger partial charge in [0.05, 0.1) is 19.5 Å². The molecule has 10 heteroatoms. The molecule has 3 N–H and O–H groups in total. The van der Waals surface area contributed by atoms with E-state index in [2.05, 4.69) is 19.9 Å². The maximum absolute atomic E-state index is 12.3. The smallest absolute Gasteiger partial charge is 0.472 e. The maximum atomic E-state index is 12.3. The fourth-order valence-corrected chi connectivity index (χ4v) is 5.90. The van der Waals surface area contributed by atoms with Gasteiger partial charge in [-0.25, -0.2) is 4.57 Å². The normalized spacial score (nSPS) is 13.8. The molecule has 9 nitrogen and oxygen atoms in total. The molecule has 0 aliphatic carbocycles. The summed E-state index contributed by atoms with van der Waals surface area (Å²) in [5.74, 6) is -0.145. The van der Waals surface area contributed by atoms with Crippen LogP contribution < -0.4 is 5.73 Å². The van der Waals surface area contributed by atoms with Crippen molar-refractivity contribution in [1.82, 2.24) is 0 Å². The SMILES string of the molecule is CCCCCCCCCCCCCC/C=C/O[C@H](COC(=O)CCCCCCC/C=C\C=C\C(=O)CCCCC)COP(=O)(O)OCCN. The van der Waals surface area contributed by atoms with Crippen LogP contribution in [-0.2, 0) is 32.7 Å². The Bertz CT molecular complexity index is 907. The number of ketones is 1. The monoisotopic (exact) mass is 713 g/mol. The minimum absolute atomic E-state index is 0.0877. The quantitative estimate of drug-likeness (QED) is 0.0161. The highest BCUT2D eigenvalue weighted by Crippen LogP contribution is 2.43. The highest BCUT2D eigenvalue weighted by Gasteiger charge is 2.24. The van der Waals surface area contributed by atoms with Gasteiger partial charge in [0, 0.05) is 19.4 Å². The zero-order chi connectivity index (χ0) is 36.1. The third-order valence-corrected chi connectivity index (χ3v) is 9.11. The van der Waals surface area contributed by atoms with Gasteiger partial charge in [-0.2, -0.15) is 0 Å². The highest BCUT2D eigenvalue weighted by molar-refractivity contribution is 7.47. The number of esters is 1. The van der Waals surface area contributed by atoms with Gasteiger partial charge < -0.3 is 20.1 Å². The van der Waals surface area contributed by atoms with Gasteiger partial charge in [-0.3, -0.25) is 18.6 Å². The number of hydrogen-bond donors (Lipinski definition) is 2. The Labute approximate surface area is 299 Å². The van der Waals surface area contributed by atoms with Crippen molar-refractivity contribution in [3.63, 3.8) is 0 Å². The molecule has 0 saturated carbocycles. The summed E-state index contributed by atoms with van der Waals surface area (Å²) in [6.45, 7) is 4.00. The topological polar surface area (TPSA) is 134 Å². The largest absolute Gasteiger partial charge is 0.492 e. The van der Waals surface area contributed by atoms with Crippen LogP contribution in [0.3, 0.4) is 0 Å². The Morgan fingerprint density at radius 1 is 0.673 bits per heavy atom. The van der Waals surface area contributed by atoms with Crippen molar-refractivity contribution < 1.29 is 37.6 Å². The summed E-state index contributed by atoms with van der Waals surface area (Å²) < 4.78 is 33.0. The van der Waals surface area contributed by atoms with E-state index in [-0.39, 0.29) is 38.1 Å². The van der Waals surface area contributed by atoms with Gasteiger partial charge in [0.25, 0.3) is 0 Å². The van der Waals surface area contributed by atoms with Crippen molar-refractivity contribution >= 4 is 19.6 Å². The van der Waals surface area contributed by atoms with Gasteiger partial charge in [-0.15, -0.1) is 0 Å². The van der Waals surface area contributed by atoms with Crippen molar-refractivity contribution in [2.75, 3.05) is 26.4 Å². The second kappa shape index (κ2) is 36.0. The lowest BCUT2D eigenvalue weighted by molar-refractivity contribution is -0.147. The second-order valence-corrected chi connectivity index (χ2v) is 14.3. The Morgan fingerprint density at radius 3 is 1.82 bits per heavy atom. The molecule has 0 aromatic carbocycles. The van der Waals surface area contributed by atoms with Gasteiger partial charge in [0.1, 0.15) is 6.61 Å². The van der Waals surface area contributed by atoms with E-state index in [1.165, 1.54) is 70.6 Å². The van der Waals surface area contributed by atoms with Gasteiger partial charge in [-0.1, -0.05) is 135 Å². The lowest BCUT2D eigenvalue weighted by Crippen LogP contribution is -2.25. The summed E-state index contributed by atoms with van der Waals surface area (Å²) in [4.78, 5) is 33.9. The molecule has 286 valence electrons. The molecule has 0 aliphatic heterocycles. The van der Waals surface area contributed by atoms with Crippen LogP contribution in [-0.4, -0.2) is 49.1 Å². The first-order chi connectivity index (χ1) is 23.8. The molecule has 0 aromatic rings. The first-order valence-corrected chi connectivity index (χ1v) is 21.0. The van der Waals surface area contributed by atoms with E-state index in [4.69, 9.17) is 24.3 Å². The number of allylic oxidation sites excluding steroid dienone is 5. The summed E-state index contributed by atoms with van der Waals surface area (Å²) >= 11 is 0. The van der Waals surface area contributed by atoms with Crippen LogP contribution in [0, 0.1) is 0 Å². The summed E-state index contributed by atoms with van der Waals surface area (Å²) in [5, 5.41) is 0. The molecular weight excluding hydrogens is 641 g/mol. The summed E-state index contributed by atoms with van der Waals surface area (Å²) in [6, 6.07) is 0. The van der Waals surface area contributed by atoms with Gasteiger partial charge in [0.2, 0.25) is 0 Å². The number of rotatable bonds is 37. The molecule has 0 rings (SSSR count). The van der Waals surface area contributed by atoms with Crippen LogP contribution in [0.1, 0.15) is 168 Å². The van der Waals surface area contributed by atoms with Crippen molar-refractivity contribution in [2.24, 2.45) is 5.73 Å². The molecule has 0 aromatic heterocycles. The van der Waals surface area contributed by atoms with Crippen LogP contribution in [0.4, 0.5) is 0 Å². The third kappa shape index (κ3) is 35.8. The van der Waals surface area contributed by atoms with Crippen molar-refractivity contribution in [3.05, 3.63) is 36.6 Å². The molecule has 0 fully saturated rings. The third-order valence-electron chi connectivity index (χ3n) is 8.13. The Hall–Kier alpha value is -1.77. The van der Waals surface area contributed by atoms with Crippen LogP contribution in [0.5, 0.6) is 0 Å². The number of phosphoric acid groups is 1. The van der Waals surface area contributed by atoms with E-state index < -0.39 is 13.9 Å². The first kappa shape index (κ1) is 47.2. The molecule has 0 amide bonds. The molecule has 0 spiro atoms. The van der Waals surface area contributed by atoms with Crippen molar-refractivity contribution in [1.29, 1.82) is 0 Å². The lowest BCUT2D eigenvalue weighted by atomic mass is 10.0. The standard InChI is InChI=1S/C39H72NO8P/c1-3-5-7-8-9-10-11-12-13-14-18-21-24-28-33-45-38(36-48-49(43,44)47-34-32-40)35-46-39(42)31-27-23-20-17-15-16-19-22-26-30-37(41)29-25-6-4-2/h19,22,26,28,30,33,38H,3-18,20-21,23-25,27,29,31-32,34-36,40H2,1-2H3,(H,43,44)/b22-19-,30-26+,33-28+/t38-/m1/s1. The molecule has 2 atom stereocenters. The molecule has 0 aliphatic rings. The second-order valence-electron chi connectivity index (χ2n) is 12.9. The zero-order valence-corrected chi connectivity index (χ0v) is 32.1. The molecule has 0 heterocycles. The Kier molecular flexibility index (Phi) is 34.7. The summed E-state index contributed by atoms with van der Waals surface area (Å²) in [7, 11) is -4.28. The number of carbonyl (C=O) groups excluding carboxylic acids is 2. The number of carbonyl (C=O) groups is 2. The molecule has 0 saturated heterocycles. The summed E-state index contributed by atoms with van der Waals surface area (Å²) in [6.07, 6.45) is 36.6. The molecule has 0 radical (unpaired) electrons. The minimum Gasteiger partial charge on any atom is -0.492 e. The van der Waals surface area contributed by atoms with Crippen LogP contribution in [0.2, 0.25) is 0 Å². The average molecular weight is 714 g/mol. The fraction of sp³-hybridized carbons (Fsp3) is 0.795. The zero-order valence-electron chi connectivity index (χ0n) is 31.2. The Balaban J connectivity index is 4.20. The molecule has 0 bridgehead atoms. The summed E-state index contributed by atoms with van der Waals surface area (Å²) in [5.41, 5.74) is 5.34. The van der Waals surface area contributed by atoms with E-state index in [9.17, 15) is 19.0 Å². The van der Waals surface area contributed by atoms with Crippen LogP contribution in [0.15, 0.2) is 36.6 Å².